The number of imidazole rings is 1. The number of nitrogen functional groups attached to an aromatic ring is 2. The summed E-state index contributed by atoms with van der Waals surface area (Å²) in [4.78, 5) is 31.5. The van der Waals surface area contributed by atoms with E-state index in [-0.39, 0.29) is 53.0 Å². The molecule has 0 aliphatic rings. The summed E-state index contributed by atoms with van der Waals surface area (Å²) in [6, 6.07) is 5.36. The third kappa shape index (κ3) is 4.56. The molecule has 0 saturated heterocycles. The predicted octanol–water partition coefficient (Wildman–Crippen LogP) is -2.05. The van der Waals surface area contributed by atoms with E-state index in [1.165, 1.54) is 6.92 Å². The number of halogens is 2. The smallest absolute Gasteiger partial charge is 0.308 e. The standard InChI is InChI=1S/C18H20ClN7O3.HI/c1-4-26-12-7-10(29-9(2)27)5-6-11(12)25(3)13(26)8-22-18(28)14-16(20)24-17(21)15(19)23-14;/h5-7H,4,8H2,1-3H3,(H4-,20,21,22,24,28);1H. The predicted molar refractivity (Wildman–Crippen MR) is 107 cm³/mol. The van der Waals surface area contributed by atoms with Gasteiger partial charge in [-0.1, -0.05) is 11.6 Å². The molecule has 12 heteroatoms. The average molecular weight is 546 g/mol. The Morgan fingerprint density at radius 1 is 1.27 bits per heavy atom. The number of nitrogens with one attached hydrogen (secondary N) is 1. The molecular formula is C18H21ClIN7O3. The monoisotopic (exact) mass is 545 g/mol. The molecule has 10 nitrogen and oxygen atoms in total. The van der Waals surface area contributed by atoms with Gasteiger partial charge < -0.3 is 45.5 Å². The Hall–Kier alpha value is -2.67. The van der Waals surface area contributed by atoms with Crippen molar-refractivity contribution in [1.82, 2.24) is 19.9 Å². The molecule has 2 aromatic heterocycles. The number of aromatic nitrogens is 4. The molecule has 0 spiro atoms. The number of benzene rings is 1. The molecule has 3 rings (SSSR count). The van der Waals surface area contributed by atoms with Gasteiger partial charge >= 0.3 is 5.97 Å². The maximum absolute atomic E-state index is 12.5. The largest absolute Gasteiger partial charge is 1.00 e. The molecule has 2 heterocycles. The number of esters is 1. The highest BCUT2D eigenvalue weighted by atomic mass is 127. The van der Waals surface area contributed by atoms with Crippen LogP contribution >= 0.6 is 11.6 Å². The summed E-state index contributed by atoms with van der Waals surface area (Å²) in [6.07, 6.45) is 0. The summed E-state index contributed by atoms with van der Waals surface area (Å²) >= 11 is 5.85. The summed E-state index contributed by atoms with van der Waals surface area (Å²) in [5, 5.41) is 2.69. The van der Waals surface area contributed by atoms with Gasteiger partial charge in [-0.3, -0.25) is 9.59 Å². The van der Waals surface area contributed by atoms with Crippen LogP contribution in [0.5, 0.6) is 5.75 Å². The second-order valence-electron chi connectivity index (χ2n) is 6.28. The zero-order chi connectivity index (χ0) is 21.3. The first kappa shape index (κ1) is 23.6. The van der Waals surface area contributed by atoms with Crippen molar-refractivity contribution in [1.29, 1.82) is 0 Å². The number of nitrogens with two attached hydrogens (primary N) is 2. The second-order valence-corrected chi connectivity index (χ2v) is 6.64. The number of fused-ring (bicyclic) bond motifs is 1. The van der Waals surface area contributed by atoms with Gasteiger partial charge in [-0.2, -0.15) is 0 Å². The number of rotatable bonds is 5. The molecule has 0 aliphatic heterocycles. The molecule has 0 atom stereocenters. The van der Waals surface area contributed by atoms with Crippen LogP contribution in [0.1, 0.15) is 30.2 Å². The molecule has 1 amide bonds. The SMILES string of the molecule is CCn1c(CNC(=O)c2nc(Cl)c(N)nc2N)[n+](C)c2ccc(OC(C)=O)cc21.[I-]. The fourth-order valence-corrected chi connectivity index (χ4v) is 3.24. The minimum Gasteiger partial charge on any atom is -1.00 e. The molecule has 0 bridgehead atoms. The number of carbonyl (C=O) groups is 2. The number of ether oxygens (including phenoxy) is 1. The maximum atomic E-state index is 12.5. The van der Waals surface area contributed by atoms with E-state index in [1.807, 2.05) is 29.2 Å². The van der Waals surface area contributed by atoms with Crippen LogP contribution in [0.25, 0.3) is 11.0 Å². The molecule has 1 aromatic carbocycles. The van der Waals surface area contributed by atoms with E-state index >= 15 is 0 Å². The molecular weight excluding hydrogens is 525 g/mol. The van der Waals surface area contributed by atoms with E-state index in [2.05, 4.69) is 15.3 Å². The normalized spacial score (nSPS) is 10.5. The van der Waals surface area contributed by atoms with Crippen molar-refractivity contribution < 1.29 is 42.9 Å². The number of carbonyl (C=O) groups excluding carboxylic acids is 2. The van der Waals surface area contributed by atoms with E-state index in [0.717, 1.165) is 16.9 Å². The number of anilines is 2. The van der Waals surface area contributed by atoms with Crippen LogP contribution in [-0.2, 0) is 24.9 Å². The quantitative estimate of drug-likeness (QED) is 0.145. The van der Waals surface area contributed by atoms with E-state index in [4.69, 9.17) is 27.8 Å². The number of aryl methyl sites for hydroxylation is 2. The lowest BCUT2D eigenvalue weighted by atomic mass is 10.3. The van der Waals surface area contributed by atoms with Crippen molar-refractivity contribution in [2.24, 2.45) is 7.05 Å². The summed E-state index contributed by atoms with van der Waals surface area (Å²) < 4.78 is 9.13. The Bertz CT molecular complexity index is 1130. The van der Waals surface area contributed by atoms with E-state index < -0.39 is 11.9 Å². The van der Waals surface area contributed by atoms with Crippen LogP contribution in [0.2, 0.25) is 5.15 Å². The fraction of sp³-hybridized carbons (Fsp3) is 0.278. The van der Waals surface area contributed by atoms with Gasteiger partial charge in [-0.05, 0) is 19.1 Å². The Morgan fingerprint density at radius 2 is 1.97 bits per heavy atom. The van der Waals surface area contributed by atoms with Gasteiger partial charge in [-0.25, -0.2) is 19.1 Å². The molecule has 30 heavy (non-hydrogen) atoms. The van der Waals surface area contributed by atoms with Crippen LogP contribution in [0, 0.1) is 0 Å². The summed E-state index contributed by atoms with van der Waals surface area (Å²) in [7, 11) is 1.88. The van der Waals surface area contributed by atoms with Crippen LogP contribution in [0.15, 0.2) is 18.2 Å². The van der Waals surface area contributed by atoms with Gasteiger partial charge in [0.25, 0.3) is 11.7 Å². The molecule has 3 aromatic rings. The van der Waals surface area contributed by atoms with Crippen LogP contribution in [-0.4, -0.2) is 26.4 Å². The van der Waals surface area contributed by atoms with Crippen molar-refractivity contribution >= 4 is 46.1 Å². The number of hydrogen-bond donors (Lipinski definition) is 3. The Labute approximate surface area is 194 Å². The molecule has 0 fully saturated rings. The highest BCUT2D eigenvalue weighted by Crippen LogP contribution is 2.22. The number of amides is 1. The van der Waals surface area contributed by atoms with Gasteiger partial charge in [0.15, 0.2) is 33.5 Å². The lowest BCUT2D eigenvalue weighted by molar-refractivity contribution is -0.654. The highest BCUT2D eigenvalue weighted by molar-refractivity contribution is 6.31. The zero-order valence-electron chi connectivity index (χ0n) is 16.6. The van der Waals surface area contributed by atoms with E-state index in [1.54, 1.807) is 12.1 Å². The van der Waals surface area contributed by atoms with Gasteiger partial charge in [0, 0.05) is 13.0 Å². The molecule has 5 N–H and O–H groups in total. The Morgan fingerprint density at radius 3 is 2.60 bits per heavy atom. The molecule has 160 valence electrons. The Balaban J connectivity index is 0.00000320. The summed E-state index contributed by atoms with van der Waals surface area (Å²) in [6.45, 7) is 4.17. The van der Waals surface area contributed by atoms with E-state index in [0.29, 0.717) is 12.3 Å². The lowest BCUT2D eigenvalue weighted by Gasteiger charge is -2.07. The van der Waals surface area contributed by atoms with Crippen molar-refractivity contribution in [2.45, 2.75) is 26.9 Å². The summed E-state index contributed by atoms with van der Waals surface area (Å²) in [5.41, 5.74) is 13.0. The lowest BCUT2D eigenvalue weighted by Crippen LogP contribution is -3.00. The first-order valence-corrected chi connectivity index (χ1v) is 9.17. The van der Waals surface area contributed by atoms with Crippen molar-refractivity contribution in [3.8, 4) is 5.75 Å². The maximum Gasteiger partial charge on any atom is 0.308 e. The van der Waals surface area contributed by atoms with Gasteiger partial charge in [0.2, 0.25) is 0 Å². The van der Waals surface area contributed by atoms with Crippen LogP contribution in [0.3, 0.4) is 0 Å². The molecule has 0 unspecified atom stereocenters. The topological polar surface area (TPSA) is 142 Å². The molecule has 0 radical (unpaired) electrons. The number of nitrogens with zero attached hydrogens (tertiary/aromatic N) is 4. The third-order valence-electron chi connectivity index (χ3n) is 4.40. The first-order valence-electron chi connectivity index (χ1n) is 8.79. The van der Waals surface area contributed by atoms with Gasteiger partial charge in [0.1, 0.15) is 12.3 Å². The fourth-order valence-electron chi connectivity index (χ4n) is 3.11. The van der Waals surface area contributed by atoms with Crippen LogP contribution in [0.4, 0.5) is 11.6 Å². The second kappa shape index (κ2) is 9.43. The summed E-state index contributed by atoms with van der Waals surface area (Å²) in [5.74, 6) is 0.219. The Kier molecular flexibility index (Phi) is 7.42. The molecule has 0 aliphatic carbocycles. The van der Waals surface area contributed by atoms with Crippen molar-refractivity contribution in [3.05, 3.63) is 34.9 Å². The van der Waals surface area contributed by atoms with E-state index in [9.17, 15) is 9.59 Å². The average Bonchev–Trinajstić information content (AvgIpc) is 2.92. The first-order chi connectivity index (χ1) is 13.7. The number of hydrogen-bond acceptors (Lipinski definition) is 7. The van der Waals surface area contributed by atoms with Gasteiger partial charge in [-0.15, -0.1) is 0 Å². The minimum atomic E-state index is -0.523. The van der Waals surface area contributed by atoms with Crippen molar-refractivity contribution in [3.63, 3.8) is 0 Å². The van der Waals surface area contributed by atoms with Gasteiger partial charge in [0.05, 0.1) is 13.6 Å². The minimum absolute atomic E-state index is 0. The molecule has 0 saturated carbocycles. The third-order valence-corrected chi connectivity index (χ3v) is 4.68. The zero-order valence-corrected chi connectivity index (χ0v) is 19.5. The highest BCUT2D eigenvalue weighted by Gasteiger charge is 2.24. The van der Waals surface area contributed by atoms with Crippen molar-refractivity contribution in [2.75, 3.05) is 11.5 Å². The van der Waals surface area contributed by atoms with Crippen LogP contribution < -0.4 is 50.1 Å².